The summed E-state index contributed by atoms with van der Waals surface area (Å²) in [4.78, 5) is 25.9. The zero-order valence-electron chi connectivity index (χ0n) is 13.1. The Labute approximate surface area is 133 Å². The number of aromatic nitrogens is 2. The lowest BCUT2D eigenvalue weighted by Crippen LogP contribution is -2.38. The van der Waals surface area contributed by atoms with Gasteiger partial charge in [-0.15, -0.1) is 5.54 Å². The van der Waals surface area contributed by atoms with Crippen molar-refractivity contribution in [3.05, 3.63) is 32.6 Å². The number of nitrogens with zero attached hydrogens (tertiary/aromatic N) is 1. The van der Waals surface area contributed by atoms with Crippen LogP contribution in [0, 0.1) is 11.5 Å². The molecule has 4 N–H and O–H groups in total. The van der Waals surface area contributed by atoms with E-state index in [-0.39, 0.29) is 5.56 Å². The normalized spacial score (nSPS) is 27.6. The summed E-state index contributed by atoms with van der Waals surface area (Å²) >= 11 is 0. The molecule has 23 heavy (non-hydrogen) atoms. The number of aliphatic hydroxyl groups is 3. The van der Waals surface area contributed by atoms with Crippen LogP contribution in [0.4, 0.5) is 0 Å². The van der Waals surface area contributed by atoms with Crippen LogP contribution < -0.4 is 11.2 Å². The van der Waals surface area contributed by atoms with E-state index < -0.39 is 50.5 Å². The Morgan fingerprint density at radius 1 is 1.30 bits per heavy atom. The molecule has 0 saturated carbocycles. The fourth-order valence-electron chi connectivity index (χ4n) is 2.13. The quantitative estimate of drug-likeness (QED) is 0.379. The van der Waals surface area contributed by atoms with Crippen molar-refractivity contribution in [2.45, 2.75) is 44.2 Å². The lowest BCUT2D eigenvalue weighted by atomic mass is 10.1. The number of H-pyrrole nitrogens is 1. The van der Waals surface area contributed by atoms with Gasteiger partial charge < -0.3 is 20.1 Å². The highest BCUT2D eigenvalue weighted by Crippen LogP contribution is 2.27. The maximum Gasteiger partial charge on any atom is 0.330 e. The standard InChI is InChI=1S/C14H20N2O6Si/c1-23(2,3)5-4-8-6-16(14(21)15-12(8)20)13-11(19)10(18)9(7-17)22-13/h6,9-11,13,17-19H,7H2,1-3H3,(H,15,20,21)/t9-,10+,11?,13-/m1/s1. The Morgan fingerprint density at radius 2 is 1.96 bits per heavy atom. The van der Waals surface area contributed by atoms with Crippen LogP contribution in [-0.4, -0.2) is 57.9 Å². The third-order valence-electron chi connectivity index (χ3n) is 3.33. The van der Waals surface area contributed by atoms with E-state index in [4.69, 9.17) is 9.84 Å². The Kier molecular flexibility index (Phi) is 4.93. The summed E-state index contributed by atoms with van der Waals surface area (Å²) in [6.07, 6.45) is -3.76. The third kappa shape index (κ3) is 3.80. The van der Waals surface area contributed by atoms with E-state index in [0.717, 1.165) is 4.57 Å². The summed E-state index contributed by atoms with van der Waals surface area (Å²) in [5, 5.41) is 28.9. The number of aromatic amines is 1. The molecule has 1 saturated heterocycles. The minimum Gasteiger partial charge on any atom is -0.394 e. The van der Waals surface area contributed by atoms with E-state index in [9.17, 15) is 19.8 Å². The first-order chi connectivity index (χ1) is 10.6. The van der Waals surface area contributed by atoms with Gasteiger partial charge in [0.15, 0.2) is 6.23 Å². The Morgan fingerprint density at radius 3 is 2.48 bits per heavy atom. The molecule has 1 aromatic heterocycles. The summed E-state index contributed by atoms with van der Waals surface area (Å²) in [5.74, 6) is 2.75. The predicted octanol–water partition coefficient (Wildman–Crippen LogP) is -1.62. The number of nitrogens with one attached hydrogen (secondary N) is 1. The average molecular weight is 340 g/mol. The Hall–Kier alpha value is -1.70. The molecule has 1 fully saturated rings. The van der Waals surface area contributed by atoms with Gasteiger partial charge in [-0.2, -0.15) is 0 Å². The Balaban J connectivity index is 2.46. The van der Waals surface area contributed by atoms with Crippen molar-refractivity contribution in [1.82, 2.24) is 9.55 Å². The zero-order chi connectivity index (χ0) is 17.4. The topological polar surface area (TPSA) is 125 Å². The van der Waals surface area contributed by atoms with E-state index in [2.05, 4.69) is 16.4 Å². The van der Waals surface area contributed by atoms with Crippen LogP contribution in [0.2, 0.25) is 19.6 Å². The molecular formula is C14H20N2O6Si. The fourth-order valence-corrected chi connectivity index (χ4v) is 2.64. The summed E-state index contributed by atoms with van der Waals surface area (Å²) < 4.78 is 6.27. The molecule has 9 heteroatoms. The molecule has 4 atom stereocenters. The molecule has 1 aliphatic heterocycles. The zero-order valence-corrected chi connectivity index (χ0v) is 14.1. The van der Waals surface area contributed by atoms with Gasteiger partial charge in [-0.1, -0.05) is 25.6 Å². The Bertz CT molecular complexity index is 753. The molecule has 2 rings (SSSR count). The van der Waals surface area contributed by atoms with Gasteiger partial charge in [-0.3, -0.25) is 14.3 Å². The molecule has 0 radical (unpaired) electrons. The second-order valence-corrected chi connectivity index (χ2v) is 11.2. The fraction of sp³-hybridized carbons (Fsp3) is 0.571. The minimum absolute atomic E-state index is 0.0739. The van der Waals surface area contributed by atoms with Gasteiger partial charge in [0.25, 0.3) is 5.56 Å². The second-order valence-electron chi connectivity index (χ2n) is 6.44. The SMILES string of the molecule is C[Si](C)(C)C#Cc1cn([C@@H]2O[C@H](CO)[C@H](O)C2O)c(=O)[nH]c1=O. The summed E-state index contributed by atoms with van der Waals surface area (Å²) in [5.41, 5.74) is 1.68. The lowest BCUT2D eigenvalue weighted by Gasteiger charge is -2.17. The summed E-state index contributed by atoms with van der Waals surface area (Å²) in [6, 6.07) is 0. The van der Waals surface area contributed by atoms with Crippen LogP contribution in [0.3, 0.4) is 0 Å². The highest BCUT2D eigenvalue weighted by Gasteiger charge is 2.43. The maximum atomic E-state index is 12.0. The van der Waals surface area contributed by atoms with Crippen LogP contribution in [0.5, 0.6) is 0 Å². The molecule has 0 aliphatic carbocycles. The number of ether oxygens (including phenoxy) is 1. The van der Waals surface area contributed by atoms with Crippen LogP contribution in [-0.2, 0) is 4.74 Å². The molecule has 1 aliphatic rings. The smallest absolute Gasteiger partial charge is 0.330 e. The first kappa shape index (κ1) is 17.6. The van der Waals surface area contributed by atoms with Gasteiger partial charge in [-0.05, 0) is 0 Å². The minimum atomic E-state index is -1.72. The van der Waals surface area contributed by atoms with E-state index >= 15 is 0 Å². The highest BCUT2D eigenvalue weighted by atomic mass is 28.3. The number of rotatable bonds is 2. The lowest BCUT2D eigenvalue weighted by molar-refractivity contribution is -0.0550. The van der Waals surface area contributed by atoms with Crippen molar-refractivity contribution in [2.24, 2.45) is 0 Å². The van der Waals surface area contributed by atoms with Crippen molar-refractivity contribution >= 4 is 8.07 Å². The first-order valence-corrected chi connectivity index (χ1v) is 10.6. The van der Waals surface area contributed by atoms with Crippen molar-refractivity contribution in [1.29, 1.82) is 0 Å². The van der Waals surface area contributed by atoms with Gasteiger partial charge in [0.2, 0.25) is 0 Å². The molecule has 1 aromatic rings. The second kappa shape index (κ2) is 6.43. The van der Waals surface area contributed by atoms with Gasteiger partial charge >= 0.3 is 5.69 Å². The molecular weight excluding hydrogens is 320 g/mol. The molecule has 0 amide bonds. The van der Waals surface area contributed by atoms with E-state index in [1.807, 2.05) is 19.6 Å². The van der Waals surface area contributed by atoms with Gasteiger partial charge in [0.05, 0.1) is 6.61 Å². The summed E-state index contributed by atoms with van der Waals surface area (Å²) in [7, 11) is -1.72. The largest absolute Gasteiger partial charge is 0.394 e. The van der Waals surface area contributed by atoms with Crippen LogP contribution >= 0.6 is 0 Å². The number of hydrogen-bond donors (Lipinski definition) is 4. The maximum absolute atomic E-state index is 12.0. The number of hydrogen-bond acceptors (Lipinski definition) is 6. The van der Waals surface area contributed by atoms with Crippen molar-refractivity contribution in [3.63, 3.8) is 0 Å². The molecule has 0 aromatic carbocycles. The summed E-state index contributed by atoms with van der Waals surface area (Å²) in [6.45, 7) is 5.53. The van der Waals surface area contributed by atoms with Gasteiger partial charge in [0.1, 0.15) is 31.9 Å². The third-order valence-corrected chi connectivity index (χ3v) is 4.21. The molecule has 0 bridgehead atoms. The van der Waals surface area contributed by atoms with Crippen molar-refractivity contribution in [3.8, 4) is 11.5 Å². The van der Waals surface area contributed by atoms with Crippen molar-refractivity contribution in [2.75, 3.05) is 6.61 Å². The van der Waals surface area contributed by atoms with Crippen LogP contribution in [0.15, 0.2) is 15.8 Å². The van der Waals surface area contributed by atoms with Crippen LogP contribution in [0.1, 0.15) is 11.8 Å². The monoisotopic (exact) mass is 340 g/mol. The first-order valence-electron chi connectivity index (χ1n) is 7.15. The van der Waals surface area contributed by atoms with E-state index in [1.54, 1.807) is 0 Å². The number of aliphatic hydroxyl groups excluding tert-OH is 3. The van der Waals surface area contributed by atoms with E-state index in [0.29, 0.717) is 0 Å². The van der Waals surface area contributed by atoms with E-state index in [1.165, 1.54) is 6.20 Å². The van der Waals surface area contributed by atoms with Crippen LogP contribution in [0.25, 0.3) is 0 Å². The van der Waals surface area contributed by atoms with Crippen molar-refractivity contribution < 1.29 is 20.1 Å². The van der Waals surface area contributed by atoms with Gasteiger partial charge in [-0.25, -0.2) is 4.79 Å². The molecule has 1 unspecified atom stereocenters. The predicted molar refractivity (Wildman–Crippen MR) is 84.6 cm³/mol. The molecule has 2 heterocycles. The highest BCUT2D eigenvalue weighted by molar-refractivity contribution is 6.83. The molecule has 0 spiro atoms. The average Bonchev–Trinajstić information content (AvgIpc) is 2.73. The molecule has 8 nitrogen and oxygen atoms in total. The molecule has 126 valence electrons. The van der Waals surface area contributed by atoms with Gasteiger partial charge in [0, 0.05) is 6.20 Å².